The molecule has 0 radical (unpaired) electrons. The SMILES string of the molecule is CC(C(=O)NCCN(C)C)N1CCN(c2ccccc2Cl)CC1. The van der Waals surface area contributed by atoms with Crippen LogP contribution in [0, 0.1) is 0 Å². The molecule has 128 valence electrons. The van der Waals surface area contributed by atoms with E-state index in [0.717, 1.165) is 43.4 Å². The predicted molar refractivity (Wildman–Crippen MR) is 96.3 cm³/mol. The van der Waals surface area contributed by atoms with Crippen LogP contribution in [0.2, 0.25) is 5.02 Å². The average molecular weight is 339 g/mol. The molecule has 1 amide bonds. The van der Waals surface area contributed by atoms with Crippen molar-refractivity contribution in [2.75, 3.05) is 58.3 Å². The van der Waals surface area contributed by atoms with Crippen molar-refractivity contribution in [2.45, 2.75) is 13.0 Å². The number of carbonyl (C=O) groups is 1. The normalized spacial score (nSPS) is 17.3. The van der Waals surface area contributed by atoms with Gasteiger partial charge in [0.25, 0.3) is 0 Å². The summed E-state index contributed by atoms with van der Waals surface area (Å²) >= 11 is 6.27. The zero-order valence-electron chi connectivity index (χ0n) is 14.3. The average Bonchev–Trinajstić information content (AvgIpc) is 2.54. The van der Waals surface area contributed by atoms with E-state index in [4.69, 9.17) is 11.6 Å². The largest absolute Gasteiger partial charge is 0.368 e. The van der Waals surface area contributed by atoms with Crippen LogP contribution in [0.15, 0.2) is 24.3 Å². The van der Waals surface area contributed by atoms with E-state index in [-0.39, 0.29) is 11.9 Å². The first kappa shape index (κ1) is 18.0. The van der Waals surface area contributed by atoms with Crippen LogP contribution in [0.25, 0.3) is 0 Å². The highest BCUT2D eigenvalue weighted by Crippen LogP contribution is 2.26. The molecule has 1 aromatic carbocycles. The van der Waals surface area contributed by atoms with E-state index in [1.54, 1.807) is 0 Å². The fourth-order valence-corrected chi connectivity index (χ4v) is 3.03. The molecule has 1 unspecified atom stereocenters. The van der Waals surface area contributed by atoms with Crippen molar-refractivity contribution < 1.29 is 4.79 Å². The molecule has 0 spiro atoms. The second kappa shape index (κ2) is 8.52. The molecule has 0 saturated carbocycles. The van der Waals surface area contributed by atoms with E-state index in [9.17, 15) is 4.79 Å². The van der Waals surface area contributed by atoms with E-state index < -0.39 is 0 Å². The van der Waals surface area contributed by atoms with Gasteiger partial charge in [-0.15, -0.1) is 0 Å². The number of nitrogens with zero attached hydrogens (tertiary/aromatic N) is 3. The molecular weight excluding hydrogens is 312 g/mol. The number of para-hydroxylation sites is 1. The zero-order valence-corrected chi connectivity index (χ0v) is 15.0. The minimum absolute atomic E-state index is 0.0921. The maximum absolute atomic E-state index is 12.2. The van der Waals surface area contributed by atoms with Crippen LogP contribution in [-0.4, -0.2) is 75.1 Å². The first-order valence-corrected chi connectivity index (χ1v) is 8.53. The monoisotopic (exact) mass is 338 g/mol. The third kappa shape index (κ3) is 5.09. The van der Waals surface area contributed by atoms with Gasteiger partial charge in [-0.2, -0.15) is 0 Å². The topological polar surface area (TPSA) is 38.8 Å². The second-order valence-corrected chi connectivity index (χ2v) is 6.65. The molecule has 1 atom stereocenters. The number of piperazine rings is 1. The quantitative estimate of drug-likeness (QED) is 0.853. The second-order valence-electron chi connectivity index (χ2n) is 6.24. The fraction of sp³-hybridized carbons (Fsp3) is 0.588. The third-order valence-electron chi connectivity index (χ3n) is 4.29. The highest BCUT2D eigenvalue weighted by molar-refractivity contribution is 6.33. The number of carbonyl (C=O) groups excluding carboxylic acids is 1. The lowest BCUT2D eigenvalue weighted by Crippen LogP contribution is -2.54. The molecule has 6 heteroatoms. The molecule has 2 rings (SSSR count). The highest BCUT2D eigenvalue weighted by atomic mass is 35.5. The van der Waals surface area contributed by atoms with E-state index in [0.29, 0.717) is 6.54 Å². The summed E-state index contributed by atoms with van der Waals surface area (Å²) in [6, 6.07) is 7.83. The molecule has 0 bridgehead atoms. The van der Waals surface area contributed by atoms with Gasteiger partial charge < -0.3 is 15.1 Å². The van der Waals surface area contributed by atoms with Gasteiger partial charge in [0.05, 0.1) is 16.8 Å². The molecule has 1 heterocycles. The van der Waals surface area contributed by atoms with Gasteiger partial charge in [0.15, 0.2) is 0 Å². The molecule has 1 saturated heterocycles. The molecular formula is C17H27ClN4O. The van der Waals surface area contributed by atoms with Crippen LogP contribution in [-0.2, 0) is 4.79 Å². The summed E-state index contributed by atoms with van der Waals surface area (Å²) in [4.78, 5) is 18.8. The summed E-state index contributed by atoms with van der Waals surface area (Å²) in [6.07, 6.45) is 0. The predicted octanol–water partition coefficient (Wildman–Crippen LogP) is 1.53. The molecule has 0 aliphatic carbocycles. The van der Waals surface area contributed by atoms with Crippen LogP contribution >= 0.6 is 11.6 Å². The zero-order chi connectivity index (χ0) is 16.8. The van der Waals surface area contributed by atoms with Crippen molar-refractivity contribution >= 4 is 23.2 Å². The number of benzene rings is 1. The van der Waals surface area contributed by atoms with Gasteiger partial charge in [-0.05, 0) is 33.2 Å². The van der Waals surface area contributed by atoms with Crippen molar-refractivity contribution in [3.8, 4) is 0 Å². The third-order valence-corrected chi connectivity index (χ3v) is 4.61. The van der Waals surface area contributed by atoms with Crippen LogP contribution in [0.3, 0.4) is 0 Å². The fourth-order valence-electron chi connectivity index (χ4n) is 2.77. The van der Waals surface area contributed by atoms with E-state index in [1.165, 1.54) is 0 Å². The van der Waals surface area contributed by atoms with Crippen molar-refractivity contribution in [3.05, 3.63) is 29.3 Å². The number of likely N-dealkylation sites (N-methyl/N-ethyl adjacent to an activating group) is 1. The number of amides is 1. The summed E-state index contributed by atoms with van der Waals surface area (Å²) in [5.41, 5.74) is 1.08. The van der Waals surface area contributed by atoms with Crippen molar-refractivity contribution in [1.82, 2.24) is 15.1 Å². The number of nitrogens with one attached hydrogen (secondary N) is 1. The van der Waals surface area contributed by atoms with Crippen LogP contribution in [0.1, 0.15) is 6.92 Å². The highest BCUT2D eigenvalue weighted by Gasteiger charge is 2.26. The summed E-state index contributed by atoms with van der Waals surface area (Å²) < 4.78 is 0. The summed E-state index contributed by atoms with van der Waals surface area (Å²) in [7, 11) is 4.01. The standard InChI is InChI=1S/C17H27ClN4O/c1-14(17(23)19-8-9-20(2)3)21-10-12-22(13-11-21)16-7-5-4-6-15(16)18/h4-7,14H,8-13H2,1-3H3,(H,19,23). The Morgan fingerprint density at radius 2 is 1.91 bits per heavy atom. The summed E-state index contributed by atoms with van der Waals surface area (Å²) in [5, 5.41) is 3.79. The lowest BCUT2D eigenvalue weighted by atomic mass is 10.2. The van der Waals surface area contributed by atoms with Gasteiger partial charge in [0.2, 0.25) is 5.91 Å². The van der Waals surface area contributed by atoms with Gasteiger partial charge in [-0.1, -0.05) is 23.7 Å². The van der Waals surface area contributed by atoms with E-state index in [2.05, 4.69) is 26.1 Å². The Morgan fingerprint density at radius 1 is 1.26 bits per heavy atom. The molecule has 5 nitrogen and oxygen atoms in total. The molecule has 1 aromatic rings. The van der Waals surface area contributed by atoms with Gasteiger partial charge in [0.1, 0.15) is 0 Å². The van der Waals surface area contributed by atoms with Gasteiger partial charge in [-0.25, -0.2) is 0 Å². The first-order valence-electron chi connectivity index (χ1n) is 8.15. The maximum Gasteiger partial charge on any atom is 0.237 e. The van der Waals surface area contributed by atoms with Crippen molar-refractivity contribution in [3.63, 3.8) is 0 Å². The number of anilines is 1. The van der Waals surface area contributed by atoms with Gasteiger partial charge >= 0.3 is 0 Å². The number of rotatable bonds is 6. The Bertz CT molecular complexity index is 515. The minimum Gasteiger partial charge on any atom is -0.368 e. The Kier molecular flexibility index (Phi) is 6.69. The number of hydrogen-bond donors (Lipinski definition) is 1. The van der Waals surface area contributed by atoms with Crippen LogP contribution < -0.4 is 10.2 Å². The molecule has 1 aliphatic rings. The molecule has 0 aromatic heterocycles. The molecule has 1 aliphatic heterocycles. The van der Waals surface area contributed by atoms with Gasteiger partial charge in [-0.3, -0.25) is 9.69 Å². The number of hydrogen-bond acceptors (Lipinski definition) is 4. The number of halogens is 1. The summed E-state index contributed by atoms with van der Waals surface area (Å²) in [5.74, 6) is 0.109. The lowest BCUT2D eigenvalue weighted by Gasteiger charge is -2.38. The van der Waals surface area contributed by atoms with Crippen LogP contribution in [0.5, 0.6) is 0 Å². The van der Waals surface area contributed by atoms with Crippen molar-refractivity contribution in [1.29, 1.82) is 0 Å². The van der Waals surface area contributed by atoms with E-state index in [1.807, 2.05) is 39.2 Å². The van der Waals surface area contributed by atoms with Gasteiger partial charge in [0, 0.05) is 39.3 Å². The Balaban J connectivity index is 1.81. The maximum atomic E-state index is 12.2. The molecule has 1 N–H and O–H groups in total. The molecule has 23 heavy (non-hydrogen) atoms. The molecule has 1 fully saturated rings. The van der Waals surface area contributed by atoms with Crippen LogP contribution in [0.4, 0.5) is 5.69 Å². The lowest BCUT2D eigenvalue weighted by molar-refractivity contribution is -0.126. The minimum atomic E-state index is -0.0921. The Hall–Kier alpha value is -1.30. The Labute approximate surface area is 144 Å². The first-order chi connectivity index (χ1) is 11.0. The smallest absolute Gasteiger partial charge is 0.237 e. The van der Waals surface area contributed by atoms with E-state index >= 15 is 0 Å². The Morgan fingerprint density at radius 3 is 2.52 bits per heavy atom. The van der Waals surface area contributed by atoms with Crippen molar-refractivity contribution in [2.24, 2.45) is 0 Å². The summed E-state index contributed by atoms with van der Waals surface area (Å²) in [6.45, 7) is 7.05.